The van der Waals surface area contributed by atoms with Crippen molar-refractivity contribution in [2.24, 2.45) is 0 Å². The molecule has 2 atom stereocenters. The highest BCUT2D eigenvalue weighted by atomic mass is 16.5. The van der Waals surface area contributed by atoms with Gasteiger partial charge in [-0.1, -0.05) is 42.5 Å². The summed E-state index contributed by atoms with van der Waals surface area (Å²) in [5.74, 6) is -1.53. The minimum absolute atomic E-state index is 0.239. The molecule has 0 aliphatic rings. The van der Waals surface area contributed by atoms with Crippen LogP contribution in [0.1, 0.15) is 25.0 Å². The highest BCUT2D eigenvalue weighted by Gasteiger charge is 2.25. The number of carboxylic acid groups (broad SMARTS) is 1. The van der Waals surface area contributed by atoms with Crippen molar-refractivity contribution >= 4 is 11.9 Å². The molecule has 1 aromatic carbocycles. The molecular weight excluding hydrogens is 258 g/mol. The molecule has 0 aliphatic carbocycles. The van der Waals surface area contributed by atoms with Crippen LogP contribution in [0.5, 0.6) is 0 Å². The first-order valence-corrected chi connectivity index (χ1v) is 6.32. The number of carboxylic acids is 1. The smallest absolute Gasteiger partial charge is 0.326 e. The number of ether oxygens (including phenoxy) is 1. The van der Waals surface area contributed by atoms with Crippen molar-refractivity contribution in [3.05, 3.63) is 48.0 Å². The van der Waals surface area contributed by atoms with Crippen LogP contribution < -0.4 is 5.32 Å². The molecule has 0 heterocycles. The zero-order valence-corrected chi connectivity index (χ0v) is 11.6. The molecule has 0 radical (unpaired) electrons. The Bertz CT molecular complexity index is 470. The van der Waals surface area contributed by atoms with E-state index in [-0.39, 0.29) is 6.42 Å². The number of methoxy groups -OCH3 is 1. The van der Waals surface area contributed by atoms with Gasteiger partial charge in [0.15, 0.2) is 6.10 Å². The Labute approximate surface area is 118 Å². The lowest BCUT2D eigenvalue weighted by Gasteiger charge is -2.19. The monoisotopic (exact) mass is 277 g/mol. The number of nitrogens with one attached hydrogen (secondary N) is 1. The second-order valence-electron chi connectivity index (χ2n) is 4.23. The van der Waals surface area contributed by atoms with Crippen LogP contribution in [0.2, 0.25) is 0 Å². The van der Waals surface area contributed by atoms with E-state index in [0.717, 1.165) is 0 Å². The van der Waals surface area contributed by atoms with E-state index in [9.17, 15) is 9.59 Å². The van der Waals surface area contributed by atoms with Gasteiger partial charge in [0.25, 0.3) is 5.91 Å². The number of rotatable bonds is 7. The molecule has 0 bridgehead atoms. The molecule has 1 amide bonds. The molecule has 5 nitrogen and oxygen atoms in total. The van der Waals surface area contributed by atoms with Crippen molar-refractivity contribution in [3.63, 3.8) is 0 Å². The van der Waals surface area contributed by atoms with E-state index in [2.05, 4.69) is 5.32 Å². The number of allylic oxidation sites excluding steroid dienone is 1. The first-order chi connectivity index (χ1) is 9.60. The maximum absolute atomic E-state index is 12.1. The minimum Gasteiger partial charge on any atom is -0.480 e. The number of hydrogen-bond donors (Lipinski definition) is 2. The number of amides is 1. The van der Waals surface area contributed by atoms with Crippen LogP contribution in [-0.4, -0.2) is 30.1 Å². The Morgan fingerprint density at radius 1 is 1.35 bits per heavy atom. The third-order valence-corrected chi connectivity index (χ3v) is 2.80. The second kappa shape index (κ2) is 8.12. The molecule has 20 heavy (non-hydrogen) atoms. The third kappa shape index (κ3) is 4.51. The summed E-state index contributed by atoms with van der Waals surface area (Å²) in [5, 5.41) is 11.6. The van der Waals surface area contributed by atoms with Crippen molar-refractivity contribution < 1.29 is 19.4 Å². The van der Waals surface area contributed by atoms with Crippen molar-refractivity contribution in [2.75, 3.05) is 7.11 Å². The van der Waals surface area contributed by atoms with Gasteiger partial charge in [-0.05, 0) is 18.9 Å². The first-order valence-electron chi connectivity index (χ1n) is 6.32. The van der Waals surface area contributed by atoms with Crippen molar-refractivity contribution in [3.8, 4) is 0 Å². The zero-order chi connectivity index (χ0) is 15.0. The Morgan fingerprint density at radius 3 is 2.50 bits per heavy atom. The van der Waals surface area contributed by atoms with E-state index in [0.29, 0.717) is 5.56 Å². The topological polar surface area (TPSA) is 75.6 Å². The average Bonchev–Trinajstić information content (AvgIpc) is 2.45. The van der Waals surface area contributed by atoms with Gasteiger partial charge in [0, 0.05) is 7.11 Å². The summed E-state index contributed by atoms with van der Waals surface area (Å²) in [7, 11) is 1.42. The fraction of sp³-hybridized carbons (Fsp3) is 0.333. The summed E-state index contributed by atoms with van der Waals surface area (Å²) in [6.07, 6.45) is 2.86. The van der Waals surface area contributed by atoms with Crippen LogP contribution in [0.15, 0.2) is 42.5 Å². The molecule has 0 saturated carbocycles. The Hall–Kier alpha value is -2.14. The number of carbonyl (C=O) groups is 2. The highest BCUT2D eigenvalue weighted by Crippen LogP contribution is 2.16. The Morgan fingerprint density at radius 2 is 2.00 bits per heavy atom. The fourth-order valence-corrected chi connectivity index (χ4v) is 1.76. The summed E-state index contributed by atoms with van der Waals surface area (Å²) in [6, 6.07) is 7.98. The number of benzene rings is 1. The van der Waals surface area contributed by atoms with Gasteiger partial charge in [-0.15, -0.1) is 0 Å². The molecule has 0 saturated heterocycles. The largest absolute Gasteiger partial charge is 0.480 e. The van der Waals surface area contributed by atoms with Crippen LogP contribution >= 0.6 is 0 Å². The number of hydrogen-bond acceptors (Lipinski definition) is 3. The van der Waals surface area contributed by atoms with E-state index in [1.165, 1.54) is 7.11 Å². The molecule has 2 unspecified atom stereocenters. The van der Waals surface area contributed by atoms with Gasteiger partial charge in [0.2, 0.25) is 0 Å². The Kier molecular flexibility index (Phi) is 6.46. The average molecular weight is 277 g/mol. The van der Waals surface area contributed by atoms with Gasteiger partial charge in [0.05, 0.1) is 0 Å². The molecule has 108 valence electrons. The number of aliphatic carboxylic acids is 1. The van der Waals surface area contributed by atoms with Gasteiger partial charge in [0.1, 0.15) is 6.04 Å². The Balaban J connectivity index is 2.78. The second-order valence-corrected chi connectivity index (χ2v) is 4.23. The molecular formula is C15H19NO4. The number of carbonyl (C=O) groups excluding carboxylic acids is 1. The molecule has 5 heteroatoms. The lowest BCUT2D eigenvalue weighted by atomic mass is 10.1. The first kappa shape index (κ1) is 15.9. The maximum atomic E-state index is 12.1. The third-order valence-electron chi connectivity index (χ3n) is 2.80. The lowest BCUT2D eigenvalue weighted by molar-refractivity contribution is -0.143. The van der Waals surface area contributed by atoms with Gasteiger partial charge in [-0.25, -0.2) is 4.79 Å². The van der Waals surface area contributed by atoms with Crippen LogP contribution in [0.4, 0.5) is 0 Å². The maximum Gasteiger partial charge on any atom is 0.326 e. The van der Waals surface area contributed by atoms with Crippen molar-refractivity contribution in [1.82, 2.24) is 5.32 Å². The quantitative estimate of drug-likeness (QED) is 0.746. The van der Waals surface area contributed by atoms with Gasteiger partial charge < -0.3 is 15.2 Å². The summed E-state index contributed by atoms with van der Waals surface area (Å²) >= 11 is 0. The summed E-state index contributed by atoms with van der Waals surface area (Å²) < 4.78 is 5.16. The summed E-state index contributed by atoms with van der Waals surface area (Å²) in [5.41, 5.74) is 0.683. The van der Waals surface area contributed by atoms with Gasteiger partial charge in [-0.2, -0.15) is 0 Å². The van der Waals surface area contributed by atoms with Crippen LogP contribution in [0.25, 0.3) is 0 Å². The predicted octanol–water partition coefficient (Wildman–Crippen LogP) is 1.91. The van der Waals surface area contributed by atoms with Gasteiger partial charge in [-0.3, -0.25) is 4.79 Å². The molecule has 2 N–H and O–H groups in total. The summed E-state index contributed by atoms with van der Waals surface area (Å²) in [6.45, 7) is 1.79. The van der Waals surface area contributed by atoms with Crippen molar-refractivity contribution in [1.29, 1.82) is 0 Å². The predicted molar refractivity (Wildman–Crippen MR) is 75.2 cm³/mol. The van der Waals surface area contributed by atoms with Crippen LogP contribution in [0.3, 0.4) is 0 Å². The van der Waals surface area contributed by atoms with E-state index < -0.39 is 24.0 Å². The van der Waals surface area contributed by atoms with Gasteiger partial charge >= 0.3 is 5.97 Å². The van der Waals surface area contributed by atoms with Crippen LogP contribution in [-0.2, 0) is 14.3 Å². The van der Waals surface area contributed by atoms with E-state index in [1.54, 1.807) is 43.3 Å². The minimum atomic E-state index is -1.07. The van der Waals surface area contributed by atoms with E-state index in [1.807, 2.05) is 6.07 Å². The fourth-order valence-electron chi connectivity index (χ4n) is 1.76. The molecule has 1 rings (SSSR count). The standard InChI is InChI=1S/C15H19NO4/c1-3-4-10-12(15(18)19)16-14(17)13(20-2)11-8-6-5-7-9-11/h3-9,12-13H,10H2,1-2H3,(H,16,17)(H,18,19)/b4-3+. The van der Waals surface area contributed by atoms with E-state index >= 15 is 0 Å². The molecule has 0 aliphatic heterocycles. The molecule has 1 aromatic rings. The molecule has 0 fully saturated rings. The highest BCUT2D eigenvalue weighted by molar-refractivity contribution is 5.87. The molecule has 0 aromatic heterocycles. The molecule has 0 spiro atoms. The van der Waals surface area contributed by atoms with Crippen molar-refractivity contribution in [2.45, 2.75) is 25.5 Å². The lowest BCUT2D eigenvalue weighted by Crippen LogP contribution is -2.43. The SMILES string of the molecule is C/C=C/CC(NC(=O)C(OC)c1ccccc1)C(=O)O. The van der Waals surface area contributed by atoms with E-state index in [4.69, 9.17) is 9.84 Å². The normalized spacial score (nSPS) is 13.9. The van der Waals surface area contributed by atoms with Crippen LogP contribution in [0, 0.1) is 0 Å². The zero-order valence-electron chi connectivity index (χ0n) is 11.6. The summed E-state index contributed by atoms with van der Waals surface area (Å²) in [4.78, 5) is 23.2.